The minimum atomic E-state index is 0.301. The Kier molecular flexibility index (Phi) is 3.61. The zero-order valence-electron chi connectivity index (χ0n) is 10.4. The third-order valence-corrected chi connectivity index (χ3v) is 3.00. The summed E-state index contributed by atoms with van der Waals surface area (Å²) in [5, 5.41) is 7.43. The van der Waals surface area contributed by atoms with Crippen LogP contribution in [-0.4, -0.2) is 36.7 Å². The molecule has 1 aliphatic rings. The maximum atomic E-state index is 5.41. The van der Waals surface area contributed by atoms with E-state index in [1.54, 1.807) is 0 Å². The number of rotatable bonds is 3. The molecule has 1 aromatic heterocycles. The van der Waals surface area contributed by atoms with E-state index >= 15 is 0 Å². The van der Waals surface area contributed by atoms with Gasteiger partial charge in [-0.1, -0.05) is 19.0 Å². The van der Waals surface area contributed by atoms with Gasteiger partial charge in [-0.25, -0.2) is 0 Å². The Hall–Kier alpha value is -0.870. The van der Waals surface area contributed by atoms with Gasteiger partial charge in [-0.15, -0.1) is 0 Å². The van der Waals surface area contributed by atoms with Crippen LogP contribution in [0.15, 0.2) is 10.7 Å². The number of nitrogens with zero attached hydrogens (tertiary/aromatic N) is 2. The molecule has 1 fully saturated rings. The first-order chi connectivity index (χ1) is 7.66. The molecule has 0 bridgehead atoms. The number of hydrogen-bond acceptors (Lipinski definition) is 4. The van der Waals surface area contributed by atoms with E-state index in [1.165, 1.54) is 5.56 Å². The van der Waals surface area contributed by atoms with E-state index in [9.17, 15) is 0 Å². The first-order valence-electron chi connectivity index (χ1n) is 6.02. The molecule has 1 saturated heterocycles. The highest BCUT2D eigenvalue weighted by molar-refractivity contribution is 5.18. The van der Waals surface area contributed by atoms with E-state index in [-0.39, 0.29) is 0 Å². The van der Waals surface area contributed by atoms with Crippen molar-refractivity contribution in [2.24, 2.45) is 5.92 Å². The van der Waals surface area contributed by atoms with Crippen molar-refractivity contribution in [2.45, 2.75) is 26.3 Å². The summed E-state index contributed by atoms with van der Waals surface area (Å²) < 4.78 is 5.41. The van der Waals surface area contributed by atoms with Gasteiger partial charge >= 0.3 is 0 Å². The van der Waals surface area contributed by atoms with Crippen LogP contribution in [0.3, 0.4) is 0 Å². The molecule has 4 nitrogen and oxygen atoms in total. The average molecular weight is 223 g/mol. The van der Waals surface area contributed by atoms with Gasteiger partial charge in [-0.3, -0.25) is 0 Å². The first kappa shape index (κ1) is 11.6. The van der Waals surface area contributed by atoms with Crippen LogP contribution >= 0.6 is 0 Å². The second-order valence-electron chi connectivity index (χ2n) is 5.08. The van der Waals surface area contributed by atoms with E-state index in [1.807, 2.05) is 6.20 Å². The lowest BCUT2D eigenvalue weighted by Gasteiger charge is -2.29. The fraction of sp³-hybridized carbons (Fsp3) is 0.750. The van der Waals surface area contributed by atoms with Crippen LogP contribution in [0.2, 0.25) is 0 Å². The second-order valence-corrected chi connectivity index (χ2v) is 5.08. The summed E-state index contributed by atoms with van der Waals surface area (Å²) in [6, 6.07) is 0.301. The van der Waals surface area contributed by atoms with Crippen molar-refractivity contribution < 1.29 is 4.52 Å². The highest BCUT2D eigenvalue weighted by atomic mass is 16.5. The lowest BCUT2D eigenvalue weighted by molar-refractivity contribution is 0.211. The van der Waals surface area contributed by atoms with Crippen molar-refractivity contribution in [2.75, 3.05) is 26.7 Å². The maximum absolute atomic E-state index is 5.41. The number of nitrogens with one attached hydrogen (secondary N) is 1. The number of likely N-dealkylation sites (N-methyl/N-ethyl adjacent to an activating group) is 1. The van der Waals surface area contributed by atoms with Crippen LogP contribution in [0.25, 0.3) is 0 Å². The summed E-state index contributed by atoms with van der Waals surface area (Å²) in [6.07, 6.45) is 2.91. The molecule has 1 aliphatic heterocycles. The lowest BCUT2D eigenvalue weighted by atomic mass is 10.0. The van der Waals surface area contributed by atoms with Gasteiger partial charge in [0, 0.05) is 25.2 Å². The zero-order valence-corrected chi connectivity index (χ0v) is 10.4. The van der Waals surface area contributed by atoms with Gasteiger partial charge in [-0.2, -0.15) is 0 Å². The third kappa shape index (κ3) is 2.62. The van der Waals surface area contributed by atoms with Gasteiger partial charge in [0.1, 0.15) is 0 Å². The van der Waals surface area contributed by atoms with Crippen molar-refractivity contribution in [1.29, 1.82) is 0 Å². The van der Waals surface area contributed by atoms with Gasteiger partial charge in [0.05, 0.1) is 12.2 Å². The molecule has 1 N–H and O–H groups in total. The van der Waals surface area contributed by atoms with Crippen LogP contribution in [0, 0.1) is 5.92 Å². The molecule has 4 heteroatoms. The second kappa shape index (κ2) is 4.97. The van der Waals surface area contributed by atoms with Crippen LogP contribution in [0.1, 0.15) is 31.2 Å². The predicted molar refractivity (Wildman–Crippen MR) is 63.3 cm³/mol. The van der Waals surface area contributed by atoms with Gasteiger partial charge in [0.15, 0.2) is 5.76 Å². The molecule has 1 unspecified atom stereocenters. The van der Waals surface area contributed by atoms with Gasteiger partial charge in [-0.05, 0) is 19.4 Å². The highest BCUT2D eigenvalue weighted by Crippen LogP contribution is 2.22. The van der Waals surface area contributed by atoms with E-state index in [0.29, 0.717) is 12.0 Å². The molecule has 0 radical (unpaired) electrons. The minimum absolute atomic E-state index is 0.301. The molecule has 90 valence electrons. The Labute approximate surface area is 97.0 Å². The predicted octanol–water partition coefficient (Wildman–Crippen LogP) is 1.45. The molecular formula is C12H21N3O. The van der Waals surface area contributed by atoms with E-state index in [2.05, 4.69) is 36.3 Å². The van der Waals surface area contributed by atoms with Crippen molar-refractivity contribution in [3.05, 3.63) is 17.5 Å². The Balaban J connectivity index is 2.10. The standard InChI is InChI=1S/C12H21N3O/c1-9(2)6-10-7-14-16-12(10)11-8-15(3)5-4-13-11/h7,9,11,13H,4-6,8H2,1-3H3. The molecule has 2 rings (SSSR count). The summed E-state index contributed by atoms with van der Waals surface area (Å²) in [4.78, 5) is 2.32. The Bertz CT molecular complexity index is 335. The Morgan fingerprint density at radius 2 is 2.44 bits per heavy atom. The Morgan fingerprint density at radius 1 is 1.62 bits per heavy atom. The molecule has 0 aromatic carbocycles. The fourth-order valence-corrected chi connectivity index (χ4v) is 2.22. The molecule has 16 heavy (non-hydrogen) atoms. The van der Waals surface area contributed by atoms with Gasteiger partial charge in [0.25, 0.3) is 0 Å². The molecule has 1 aromatic rings. The minimum Gasteiger partial charge on any atom is -0.359 e. The molecule has 0 aliphatic carbocycles. The van der Waals surface area contributed by atoms with E-state index < -0.39 is 0 Å². The van der Waals surface area contributed by atoms with Crippen molar-refractivity contribution in [3.63, 3.8) is 0 Å². The summed E-state index contributed by atoms with van der Waals surface area (Å²) in [5.74, 6) is 1.67. The van der Waals surface area contributed by atoms with Crippen molar-refractivity contribution >= 4 is 0 Å². The van der Waals surface area contributed by atoms with Crippen LogP contribution in [0.5, 0.6) is 0 Å². The highest BCUT2D eigenvalue weighted by Gasteiger charge is 2.24. The lowest BCUT2D eigenvalue weighted by Crippen LogP contribution is -2.43. The molecule has 0 spiro atoms. The zero-order chi connectivity index (χ0) is 11.5. The maximum Gasteiger partial charge on any atom is 0.158 e. The third-order valence-electron chi connectivity index (χ3n) is 3.00. The average Bonchev–Trinajstić information content (AvgIpc) is 2.65. The van der Waals surface area contributed by atoms with Crippen molar-refractivity contribution in [3.8, 4) is 0 Å². The SMILES string of the molecule is CC(C)Cc1cnoc1C1CN(C)CCN1. The quantitative estimate of drug-likeness (QED) is 0.842. The van der Waals surface area contributed by atoms with Crippen LogP contribution < -0.4 is 5.32 Å². The van der Waals surface area contributed by atoms with Gasteiger partial charge < -0.3 is 14.7 Å². The molecule has 0 amide bonds. The monoisotopic (exact) mass is 223 g/mol. The van der Waals surface area contributed by atoms with Crippen LogP contribution in [0.4, 0.5) is 0 Å². The smallest absolute Gasteiger partial charge is 0.158 e. The molecular weight excluding hydrogens is 202 g/mol. The fourth-order valence-electron chi connectivity index (χ4n) is 2.22. The molecule has 2 heterocycles. The van der Waals surface area contributed by atoms with E-state index in [0.717, 1.165) is 31.8 Å². The van der Waals surface area contributed by atoms with Gasteiger partial charge in [0.2, 0.25) is 0 Å². The molecule has 0 saturated carbocycles. The molecule has 1 atom stereocenters. The normalized spacial score (nSPS) is 22.9. The summed E-state index contributed by atoms with van der Waals surface area (Å²) in [5.41, 5.74) is 1.25. The summed E-state index contributed by atoms with van der Waals surface area (Å²) in [7, 11) is 2.15. The summed E-state index contributed by atoms with van der Waals surface area (Å²) in [6.45, 7) is 7.56. The number of piperazine rings is 1. The largest absolute Gasteiger partial charge is 0.359 e. The van der Waals surface area contributed by atoms with Crippen molar-refractivity contribution in [1.82, 2.24) is 15.4 Å². The topological polar surface area (TPSA) is 41.3 Å². The summed E-state index contributed by atoms with van der Waals surface area (Å²) >= 11 is 0. The number of hydrogen-bond donors (Lipinski definition) is 1. The Morgan fingerprint density at radius 3 is 3.12 bits per heavy atom. The number of aromatic nitrogens is 1. The van der Waals surface area contributed by atoms with E-state index in [4.69, 9.17) is 4.52 Å². The first-order valence-corrected chi connectivity index (χ1v) is 6.02. The van der Waals surface area contributed by atoms with Crippen LogP contribution in [-0.2, 0) is 6.42 Å².